The standard InChI is InChI=1S/C13H12N2O6/c1-19-11(16)10-9(15-21-13(18)12(17)20-2)7-5-3-4-6-8(7)14-10/h3-6,14-15H,1-2H3. The highest BCUT2D eigenvalue weighted by Gasteiger charge is 2.22. The molecule has 0 bridgehead atoms. The predicted octanol–water partition coefficient (Wildman–Crippen LogP) is 0.998. The molecule has 8 nitrogen and oxygen atoms in total. The topological polar surface area (TPSA) is 107 Å². The van der Waals surface area contributed by atoms with E-state index in [0.29, 0.717) is 10.9 Å². The Morgan fingerprint density at radius 2 is 1.76 bits per heavy atom. The molecule has 1 aromatic heterocycles. The van der Waals surface area contributed by atoms with E-state index in [9.17, 15) is 14.4 Å². The van der Waals surface area contributed by atoms with Crippen LogP contribution in [0.3, 0.4) is 0 Å². The minimum atomic E-state index is -1.24. The van der Waals surface area contributed by atoms with Gasteiger partial charge in [-0.1, -0.05) is 18.2 Å². The second kappa shape index (κ2) is 5.95. The van der Waals surface area contributed by atoms with Crippen molar-refractivity contribution in [3.05, 3.63) is 30.0 Å². The number of fused-ring (bicyclic) bond motifs is 1. The number of anilines is 1. The lowest BCUT2D eigenvalue weighted by atomic mass is 10.2. The lowest BCUT2D eigenvalue weighted by Crippen LogP contribution is -2.22. The first kappa shape index (κ1) is 14.4. The van der Waals surface area contributed by atoms with Gasteiger partial charge in [-0.15, -0.1) is 0 Å². The van der Waals surface area contributed by atoms with Crippen molar-refractivity contribution in [1.29, 1.82) is 0 Å². The summed E-state index contributed by atoms with van der Waals surface area (Å²) >= 11 is 0. The number of rotatable bonds is 3. The van der Waals surface area contributed by atoms with Crippen molar-refractivity contribution in [2.45, 2.75) is 0 Å². The molecule has 0 unspecified atom stereocenters. The first-order valence-corrected chi connectivity index (χ1v) is 5.82. The SMILES string of the molecule is COC(=O)C(=O)ONc1c(C(=O)OC)[nH]c2ccccc12. The van der Waals surface area contributed by atoms with Gasteiger partial charge in [-0.2, -0.15) is 0 Å². The number of carbonyl (C=O) groups excluding carboxylic acids is 3. The van der Waals surface area contributed by atoms with Crippen LogP contribution in [0.2, 0.25) is 0 Å². The van der Waals surface area contributed by atoms with Crippen LogP contribution in [0, 0.1) is 0 Å². The van der Waals surface area contributed by atoms with Crippen LogP contribution in [0.1, 0.15) is 10.5 Å². The van der Waals surface area contributed by atoms with Gasteiger partial charge >= 0.3 is 17.9 Å². The van der Waals surface area contributed by atoms with Gasteiger partial charge in [0.2, 0.25) is 0 Å². The Hall–Kier alpha value is -3.03. The van der Waals surface area contributed by atoms with Crippen LogP contribution < -0.4 is 5.48 Å². The molecule has 0 atom stereocenters. The minimum Gasteiger partial charge on any atom is -0.464 e. The molecule has 0 spiro atoms. The fraction of sp³-hybridized carbons (Fsp3) is 0.154. The van der Waals surface area contributed by atoms with Gasteiger partial charge < -0.3 is 19.3 Å². The maximum Gasteiger partial charge on any atom is 0.441 e. The first-order valence-electron chi connectivity index (χ1n) is 5.82. The van der Waals surface area contributed by atoms with Crippen LogP contribution in [-0.2, 0) is 23.9 Å². The van der Waals surface area contributed by atoms with Crippen molar-refractivity contribution in [1.82, 2.24) is 4.98 Å². The summed E-state index contributed by atoms with van der Waals surface area (Å²) in [5.74, 6) is -3.05. The number of ether oxygens (including phenoxy) is 2. The van der Waals surface area contributed by atoms with E-state index in [-0.39, 0.29) is 11.4 Å². The zero-order chi connectivity index (χ0) is 15.4. The van der Waals surface area contributed by atoms with E-state index in [0.717, 1.165) is 7.11 Å². The Labute approximate surface area is 118 Å². The number of nitrogens with one attached hydrogen (secondary N) is 2. The molecule has 2 rings (SSSR count). The first-order chi connectivity index (χ1) is 10.1. The number of aromatic nitrogens is 1. The molecule has 1 aromatic carbocycles. The average Bonchev–Trinajstić information content (AvgIpc) is 2.89. The average molecular weight is 292 g/mol. The van der Waals surface area contributed by atoms with Gasteiger partial charge in [0.25, 0.3) is 0 Å². The Morgan fingerprint density at radius 1 is 1.05 bits per heavy atom. The van der Waals surface area contributed by atoms with Gasteiger partial charge in [-0.25, -0.2) is 19.9 Å². The number of H-pyrrole nitrogens is 1. The van der Waals surface area contributed by atoms with E-state index in [1.165, 1.54) is 7.11 Å². The number of hydrogen-bond donors (Lipinski definition) is 2. The second-order valence-electron chi connectivity index (χ2n) is 3.90. The molecule has 110 valence electrons. The van der Waals surface area contributed by atoms with Gasteiger partial charge in [0.05, 0.1) is 14.2 Å². The van der Waals surface area contributed by atoms with Crippen molar-refractivity contribution in [3.8, 4) is 0 Å². The fourth-order valence-electron chi connectivity index (χ4n) is 1.73. The van der Waals surface area contributed by atoms with Crippen molar-refractivity contribution in [2.24, 2.45) is 0 Å². The maximum atomic E-state index is 11.7. The summed E-state index contributed by atoms with van der Waals surface area (Å²) in [4.78, 5) is 41.4. The van der Waals surface area contributed by atoms with Gasteiger partial charge in [0, 0.05) is 10.9 Å². The molecule has 2 N–H and O–H groups in total. The summed E-state index contributed by atoms with van der Waals surface area (Å²) in [7, 11) is 2.27. The van der Waals surface area contributed by atoms with Crippen LogP contribution in [0.4, 0.5) is 5.69 Å². The lowest BCUT2D eigenvalue weighted by Gasteiger charge is -2.06. The third-order valence-corrected chi connectivity index (χ3v) is 2.69. The van der Waals surface area contributed by atoms with Gasteiger partial charge in [-0.3, -0.25) is 0 Å². The van der Waals surface area contributed by atoms with Gasteiger partial charge in [0.1, 0.15) is 5.69 Å². The highest BCUT2D eigenvalue weighted by atomic mass is 16.7. The molecule has 0 aliphatic heterocycles. The van der Waals surface area contributed by atoms with Crippen molar-refractivity contribution in [2.75, 3.05) is 19.7 Å². The van der Waals surface area contributed by atoms with Gasteiger partial charge in [0.15, 0.2) is 5.69 Å². The fourth-order valence-corrected chi connectivity index (χ4v) is 1.73. The molecule has 2 aromatic rings. The maximum absolute atomic E-state index is 11.7. The Morgan fingerprint density at radius 3 is 2.43 bits per heavy atom. The third-order valence-electron chi connectivity index (χ3n) is 2.69. The Bertz CT molecular complexity index is 706. The summed E-state index contributed by atoms with van der Waals surface area (Å²) in [6, 6.07) is 6.94. The van der Waals surface area contributed by atoms with Crippen molar-refractivity contribution in [3.63, 3.8) is 0 Å². The number of benzene rings is 1. The van der Waals surface area contributed by atoms with E-state index >= 15 is 0 Å². The lowest BCUT2D eigenvalue weighted by molar-refractivity contribution is -0.164. The zero-order valence-electron chi connectivity index (χ0n) is 11.3. The predicted molar refractivity (Wildman–Crippen MR) is 71.4 cm³/mol. The molecule has 0 saturated heterocycles. The largest absolute Gasteiger partial charge is 0.464 e. The van der Waals surface area contributed by atoms with Crippen molar-refractivity contribution < 1.29 is 28.7 Å². The molecule has 8 heteroatoms. The molecule has 0 radical (unpaired) electrons. The Kier molecular flexibility index (Phi) is 4.07. The Balaban J connectivity index is 2.34. The second-order valence-corrected chi connectivity index (χ2v) is 3.90. The number of esters is 2. The monoisotopic (exact) mass is 292 g/mol. The van der Waals surface area contributed by atoms with Crippen LogP contribution in [-0.4, -0.2) is 37.1 Å². The minimum absolute atomic E-state index is 0.0661. The van der Waals surface area contributed by atoms with Crippen LogP contribution in [0.5, 0.6) is 0 Å². The summed E-state index contributed by atoms with van der Waals surface area (Å²) in [5, 5.41) is 0.593. The number of methoxy groups -OCH3 is 2. The molecule has 0 aliphatic rings. The van der Waals surface area contributed by atoms with Crippen LogP contribution >= 0.6 is 0 Å². The number of aromatic amines is 1. The van der Waals surface area contributed by atoms with Crippen LogP contribution in [0.15, 0.2) is 24.3 Å². The summed E-state index contributed by atoms with van der Waals surface area (Å²) in [6.07, 6.45) is 0. The normalized spacial score (nSPS) is 10.0. The van der Waals surface area contributed by atoms with Crippen LogP contribution in [0.25, 0.3) is 10.9 Å². The van der Waals surface area contributed by atoms with E-state index in [2.05, 4.69) is 24.8 Å². The highest BCUT2D eigenvalue weighted by molar-refractivity contribution is 6.29. The van der Waals surface area contributed by atoms with Gasteiger partial charge in [-0.05, 0) is 6.07 Å². The summed E-state index contributed by atoms with van der Waals surface area (Å²) in [5.41, 5.74) is 3.17. The summed E-state index contributed by atoms with van der Waals surface area (Å²) in [6.45, 7) is 0. The molecule has 0 aliphatic carbocycles. The smallest absolute Gasteiger partial charge is 0.441 e. The van der Waals surface area contributed by atoms with Crippen molar-refractivity contribution >= 4 is 34.5 Å². The quantitative estimate of drug-likeness (QED) is 0.376. The molecule has 0 fully saturated rings. The molecule has 0 saturated carbocycles. The molecule has 21 heavy (non-hydrogen) atoms. The molecular weight excluding hydrogens is 280 g/mol. The van der Waals surface area contributed by atoms with E-state index in [4.69, 9.17) is 0 Å². The van der Waals surface area contributed by atoms with E-state index in [1.54, 1.807) is 24.3 Å². The molecular formula is C13H12N2O6. The van der Waals surface area contributed by atoms with E-state index < -0.39 is 17.9 Å². The number of para-hydroxylation sites is 1. The zero-order valence-corrected chi connectivity index (χ0v) is 11.3. The molecule has 1 heterocycles. The third kappa shape index (κ3) is 2.78. The number of carbonyl (C=O) groups is 3. The molecule has 0 amide bonds. The highest BCUT2D eigenvalue weighted by Crippen LogP contribution is 2.28. The summed E-state index contributed by atoms with van der Waals surface area (Å²) < 4.78 is 8.85. The number of hydrogen-bond acceptors (Lipinski definition) is 7. The van der Waals surface area contributed by atoms with E-state index in [1.807, 2.05) is 0 Å².